The van der Waals surface area contributed by atoms with Crippen LogP contribution in [0.15, 0.2) is 75.2 Å². The van der Waals surface area contributed by atoms with Crippen molar-refractivity contribution >= 4 is 43.8 Å². The van der Waals surface area contributed by atoms with E-state index in [9.17, 15) is 10.1 Å². The smallest absolute Gasteiger partial charge is 0.262 e. The minimum Gasteiger partial charge on any atom is -0.497 e. The third kappa shape index (κ3) is 6.86. The highest BCUT2D eigenvalue weighted by Gasteiger charge is 2.14. The van der Waals surface area contributed by atoms with Crippen molar-refractivity contribution in [3.8, 4) is 23.3 Å². The van der Waals surface area contributed by atoms with Crippen molar-refractivity contribution in [2.24, 2.45) is 0 Å². The summed E-state index contributed by atoms with van der Waals surface area (Å²) in [5.74, 6) is 1.29. The zero-order valence-electron chi connectivity index (χ0n) is 18.6. The predicted octanol–water partition coefficient (Wildman–Crippen LogP) is 6.03. The van der Waals surface area contributed by atoms with Crippen LogP contribution in [0.2, 0.25) is 0 Å². The van der Waals surface area contributed by atoms with Crippen LogP contribution in [-0.4, -0.2) is 20.1 Å². The maximum Gasteiger partial charge on any atom is 0.262 e. The maximum absolute atomic E-state index is 12.6. The van der Waals surface area contributed by atoms with Gasteiger partial charge in [0.1, 0.15) is 24.0 Å². The molecule has 3 rings (SSSR count). The molecule has 3 aromatic rings. The van der Waals surface area contributed by atoms with Crippen molar-refractivity contribution in [3.63, 3.8) is 0 Å². The lowest BCUT2D eigenvalue weighted by Gasteiger charge is -2.13. The first-order valence-electron chi connectivity index (χ1n) is 10.2. The number of methoxy groups -OCH3 is 2. The molecule has 1 amide bonds. The van der Waals surface area contributed by atoms with Crippen LogP contribution in [-0.2, 0) is 17.9 Å². The molecule has 3 aromatic carbocycles. The zero-order valence-corrected chi connectivity index (χ0v) is 21.8. The summed E-state index contributed by atoms with van der Waals surface area (Å²) in [7, 11) is 3.13. The van der Waals surface area contributed by atoms with Gasteiger partial charge in [0.2, 0.25) is 0 Å². The Bertz CT molecular complexity index is 1220. The number of benzene rings is 3. The second-order valence-corrected chi connectivity index (χ2v) is 8.91. The molecule has 0 saturated carbocycles. The number of hydrogen-bond donors (Lipinski definition) is 1. The molecule has 0 aromatic heterocycles. The van der Waals surface area contributed by atoms with E-state index in [1.807, 2.05) is 54.6 Å². The summed E-state index contributed by atoms with van der Waals surface area (Å²) in [4.78, 5) is 12.6. The van der Waals surface area contributed by atoms with E-state index in [1.165, 1.54) is 13.2 Å². The van der Waals surface area contributed by atoms with Crippen molar-refractivity contribution in [1.82, 2.24) is 5.32 Å². The van der Waals surface area contributed by atoms with E-state index in [1.54, 1.807) is 19.2 Å². The van der Waals surface area contributed by atoms with Gasteiger partial charge in [0, 0.05) is 15.5 Å². The summed E-state index contributed by atoms with van der Waals surface area (Å²) in [6.07, 6.45) is 1.51. The number of nitrogens with one attached hydrogen (secondary N) is 1. The lowest BCUT2D eigenvalue weighted by atomic mass is 10.1. The van der Waals surface area contributed by atoms with Crippen LogP contribution in [0.5, 0.6) is 17.2 Å². The van der Waals surface area contributed by atoms with E-state index in [4.69, 9.17) is 14.2 Å². The number of amides is 1. The van der Waals surface area contributed by atoms with Gasteiger partial charge in [-0.25, -0.2) is 0 Å². The monoisotopic (exact) mass is 584 g/mol. The Morgan fingerprint density at radius 3 is 2.26 bits per heavy atom. The molecule has 34 heavy (non-hydrogen) atoms. The Labute approximate surface area is 215 Å². The number of carbonyl (C=O) groups is 1. The number of hydrogen-bond acceptors (Lipinski definition) is 5. The molecule has 0 radical (unpaired) electrons. The number of nitriles is 1. The molecule has 0 bridgehead atoms. The van der Waals surface area contributed by atoms with Gasteiger partial charge in [-0.3, -0.25) is 4.79 Å². The first-order chi connectivity index (χ1) is 16.4. The standard InChI is InChI=1S/C26H22Br2N2O4/c1-32-22-9-5-17(6-10-22)15-30-26(31)20(14-29)11-19-12-24(33-2)25(13-23(19)28)34-16-18-3-7-21(27)8-4-18/h3-13H,15-16H2,1-2H3,(H,30,31)/b20-11-. The summed E-state index contributed by atoms with van der Waals surface area (Å²) in [5.41, 5.74) is 2.48. The van der Waals surface area contributed by atoms with Crippen LogP contribution in [0.4, 0.5) is 0 Å². The van der Waals surface area contributed by atoms with Crippen molar-refractivity contribution in [2.45, 2.75) is 13.2 Å². The van der Waals surface area contributed by atoms with Crippen LogP contribution >= 0.6 is 31.9 Å². The van der Waals surface area contributed by atoms with Crippen LogP contribution in [0.25, 0.3) is 6.08 Å². The van der Waals surface area contributed by atoms with E-state index >= 15 is 0 Å². The van der Waals surface area contributed by atoms with Crippen LogP contribution in [0.1, 0.15) is 16.7 Å². The summed E-state index contributed by atoms with van der Waals surface area (Å²) < 4.78 is 18.2. The highest BCUT2D eigenvalue weighted by atomic mass is 79.9. The second kappa shape index (κ2) is 12.3. The second-order valence-electron chi connectivity index (χ2n) is 7.14. The van der Waals surface area contributed by atoms with Gasteiger partial charge < -0.3 is 19.5 Å². The number of nitrogens with zero attached hydrogens (tertiary/aromatic N) is 1. The van der Waals surface area contributed by atoms with Gasteiger partial charge in [-0.05, 0) is 59.2 Å². The van der Waals surface area contributed by atoms with E-state index in [0.29, 0.717) is 28.1 Å². The largest absolute Gasteiger partial charge is 0.497 e. The third-order valence-electron chi connectivity index (χ3n) is 4.87. The molecule has 8 heteroatoms. The Hall–Kier alpha value is -3.28. The zero-order chi connectivity index (χ0) is 24.5. The SMILES string of the molecule is COc1ccc(CNC(=O)/C(C#N)=C\c2cc(OC)c(OCc3ccc(Br)cc3)cc2Br)cc1. The Morgan fingerprint density at radius 2 is 1.65 bits per heavy atom. The maximum atomic E-state index is 12.6. The van der Waals surface area contributed by atoms with Gasteiger partial charge in [-0.2, -0.15) is 5.26 Å². The first-order valence-corrected chi connectivity index (χ1v) is 11.8. The summed E-state index contributed by atoms with van der Waals surface area (Å²) in [5, 5.41) is 12.3. The van der Waals surface area contributed by atoms with E-state index < -0.39 is 5.91 Å². The molecule has 0 unspecified atom stereocenters. The number of halogens is 2. The minimum atomic E-state index is -0.472. The van der Waals surface area contributed by atoms with Crippen molar-refractivity contribution in [2.75, 3.05) is 14.2 Å². The summed E-state index contributed by atoms with van der Waals surface area (Å²) in [6, 6.07) is 20.6. The molecule has 0 aliphatic heterocycles. The van der Waals surface area contributed by atoms with Crippen LogP contribution < -0.4 is 19.5 Å². The molecule has 0 atom stereocenters. The fourth-order valence-electron chi connectivity index (χ4n) is 3.00. The highest BCUT2D eigenvalue weighted by molar-refractivity contribution is 9.10. The predicted molar refractivity (Wildman–Crippen MR) is 138 cm³/mol. The van der Waals surface area contributed by atoms with E-state index in [-0.39, 0.29) is 12.1 Å². The molecular weight excluding hydrogens is 564 g/mol. The summed E-state index contributed by atoms with van der Waals surface area (Å²) in [6.45, 7) is 0.650. The Balaban J connectivity index is 1.73. The minimum absolute atomic E-state index is 0.0280. The van der Waals surface area contributed by atoms with Gasteiger partial charge in [0.15, 0.2) is 11.5 Å². The molecule has 0 spiro atoms. The number of carbonyl (C=O) groups excluding carboxylic acids is 1. The summed E-state index contributed by atoms with van der Waals surface area (Å²) >= 11 is 6.92. The average molecular weight is 586 g/mol. The molecule has 6 nitrogen and oxygen atoms in total. The average Bonchev–Trinajstić information content (AvgIpc) is 2.86. The fraction of sp³-hybridized carbons (Fsp3) is 0.154. The molecule has 0 saturated heterocycles. The molecule has 0 aliphatic carbocycles. The van der Waals surface area contributed by atoms with Gasteiger partial charge in [-0.15, -0.1) is 0 Å². The number of ether oxygens (including phenoxy) is 3. The molecule has 174 valence electrons. The highest BCUT2D eigenvalue weighted by Crippen LogP contribution is 2.35. The molecule has 0 fully saturated rings. The van der Waals surface area contributed by atoms with Crippen LogP contribution in [0.3, 0.4) is 0 Å². The van der Waals surface area contributed by atoms with E-state index in [0.717, 1.165) is 21.3 Å². The van der Waals surface area contributed by atoms with E-state index in [2.05, 4.69) is 37.2 Å². The van der Waals surface area contributed by atoms with Crippen molar-refractivity contribution in [1.29, 1.82) is 5.26 Å². The Kier molecular flexibility index (Phi) is 9.14. The fourth-order valence-corrected chi connectivity index (χ4v) is 3.70. The molecule has 0 aliphatic rings. The lowest BCUT2D eigenvalue weighted by Crippen LogP contribution is -2.23. The van der Waals surface area contributed by atoms with Gasteiger partial charge in [0.25, 0.3) is 5.91 Å². The van der Waals surface area contributed by atoms with Crippen molar-refractivity contribution in [3.05, 3.63) is 91.9 Å². The quantitative estimate of drug-likeness (QED) is 0.245. The van der Waals surface area contributed by atoms with Crippen molar-refractivity contribution < 1.29 is 19.0 Å². The molecule has 0 heterocycles. The van der Waals surface area contributed by atoms with Crippen LogP contribution in [0, 0.1) is 11.3 Å². The topological polar surface area (TPSA) is 80.6 Å². The van der Waals surface area contributed by atoms with Gasteiger partial charge >= 0.3 is 0 Å². The van der Waals surface area contributed by atoms with Gasteiger partial charge in [-0.1, -0.05) is 56.1 Å². The third-order valence-corrected chi connectivity index (χ3v) is 6.08. The lowest BCUT2D eigenvalue weighted by molar-refractivity contribution is -0.117. The molecule has 1 N–H and O–H groups in total. The normalized spacial score (nSPS) is 10.9. The first kappa shape index (κ1) is 25.3. The van der Waals surface area contributed by atoms with Gasteiger partial charge in [0.05, 0.1) is 14.2 Å². The molecular formula is C26H22Br2N2O4. The number of rotatable bonds is 9. The Morgan fingerprint density at radius 1 is 0.971 bits per heavy atom.